The van der Waals surface area contributed by atoms with Crippen molar-refractivity contribution in [1.29, 1.82) is 0 Å². The highest BCUT2D eigenvalue weighted by Crippen LogP contribution is 2.22. The molecular weight excluding hydrogens is 308 g/mol. The quantitative estimate of drug-likeness (QED) is 0.715. The van der Waals surface area contributed by atoms with Crippen LogP contribution >= 0.6 is 0 Å². The lowest BCUT2D eigenvalue weighted by molar-refractivity contribution is -0.144. The van der Waals surface area contributed by atoms with Crippen molar-refractivity contribution < 1.29 is 19.5 Å². The molecule has 0 aliphatic heterocycles. The van der Waals surface area contributed by atoms with E-state index in [1.807, 2.05) is 42.5 Å². The molecule has 2 aromatic rings. The highest BCUT2D eigenvalue weighted by atomic mass is 16.4. The van der Waals surface area contributed by atoms with E-state index in [1.165, 1.54) is 6.92 Å². The Hall–Kier alpha value is -2.89. The molecule has 2 amide bonds. The number of fused-ring (bicyclic) bond motifs is 1. The van der Waals surface area contributed by atoms with Crippen molar-refractivity contribution >= 4 is 28.6 Å². The second kappa shape index (κ2) is 7.59. The van der Waals surface area contributed by atoms with E-state index in [4.69, 9.17) is 5.73 Å². The third-order valence-electron chi connectivity index (χ3n) is 3.93. The van der Waals surface area contributed by atoms with E-state index in [2.05, 4.69) is 5.32 Å². The molecule has 0 spiro atoms. The van der Waals surface area contributed by atoms with Crippen LogP contribution in [0, 0.1) is 5.92 Å². The van der Waals surface area contributed by atoms with Gasteiger partial charge >= 0.3 is 5.97 Å². The number of benzene rings is 2. The van der Waals surface area contributed by atoms with Crippen molar-refractivity contribution in [2.45, 2.75) is 25.8 Å². The van der Waals surface area contributed by atoms with E-state index in [-0.39, 0.29) is 12.8 Å². The molecule has 0 bridgehead atoms. The van der Waals surface area contributed by atoms with Crippen LogP contribution in [0.25, 0.3) is 10.8 Å². The monoisotopic (exact) mass is 328 g/mol. The Labute approximate surface area is 139 Å². The Morgan fingerprint density at radius 3 is 2.46 bits per heavy atom. The minimum atomic E-state index is -1.05. The lowest BCUT2D eigenvalue weighted by Gasteiger charge is -2.15. The van der Waals surface area contributed by atoms with Gasteiger partial charge in [0.1, 0.15) is 6.04 Å². The average Bonchev–Trinajstić information content (AvgIpc) is 2.54. The Morgan fingerprint density at radius 1 is 1.12 bits per heavy atom. The summed E-state index contributed by atoms with van der Waals surface area (Å²) in [5.41, 5.74) is 5.96. The van der Waals surface area contributed by atoms with Gasteiger partial charge in [0.05, 0.1) is 5.92 Å². The molecule has 126 valence electrons. The van der Waals surface area contributed by atoms with E-state index in [9.17, 15) is 19.5 Å². The Morgan fingerprint density at radius 2 is 1.79 bits per heavy atom. The molecule has 1 unspecified atom stereocenters. The zero-order valence-corrected chi connectivity index (χ0v) is 13.4. The first-order valence-corrected chi connectivity index (χ1v) is 7.66. The molecule has 0 heterocycles. The van der Waals surface area contributed by atoms with Crippen molar-refractivity contribution in [3.8, 4) is 0 Å². The summed E-state index contributed by atoms with van der Waals surface area (Å²) >= 11 is 0. The third kappa shape index (κ3) is 4.32. The number of carboxylic acids is 1. The molecule has 6 heteroatoms. The van der Waals surface area contributed by atoms with E-state index in [0.717, 1.165) is 16.3 Å². The van der Waals surface area contributed by atoms with E-state index in [1.54, 1.807) is 0 Å². The zero-order chi connectivity index (χ0) is 17.7. The van der Waals surface area contributed by atoms with Crippen LogP contribution in [0.2, 0.25) is 0 Å². The normalized spacial score (nSPS) is 13.2. The lowest BCUT2D eigenvalue weighted by atomic mass is 9.92. The minimum absolute atomic E-state index is 0.212. The topological polar surface area (TPSA) is 109 Å². The van der Waals surface area contributed by atoms with Gasteiger partial charge in [0.25, 0.3) is 0 Å². The predicted octanol–water partition coefficient (Wildman–Crippen LogP) is 1.46. The Bertz CT molecular complexity index is 767. The fourth-order valence-electron chi connectivity index (χ4n) is 2.58. The lowest BCUT2D eigenvalue weighted by Crippen LogP contribution is -2.43. The highest BCUT2D eigenvalue weighted by Gasteiger charge is 2.24. The summed E-state index contributed by atoms with van der Waals surface area (Å²) in [4.78, 5) is 34.5. The van der Waals surface area contributed by atoms with Gasteiger partial charge in [-0.05, 0) is 29.7 Å². The number of rotatable bonds is 7. The summed E-state index contributed by atoms with van der Waals surface area (Å²) < 4.78 is 0. The number of carbonyl (C=O) groups excluding carboxylic acids is 2. The van der Waals surface area contributed by atoms with Crippen LogP contribution in [0.4, 0.5) is 0 Å². The zero-order valence-electron chi connectivity index (χ0n) is 13.4. The van der Waals surface area contributed by atoms with Gasteiger partial charge in [-0.1, -0.05) is 42.5 Å². The predicted molar refractivity (Wildman–Crippen MR) is 90.2 cm³/mol. The maximum Gasteiger partial charge on any atom is 0.307 e. The summed E-state index contributed by atoms with van der Waals surface area (Å²) in [5.74, 6) is -3.10. The van der Waals surface area contributed by atoms with Crippen molar-refractivity contribution in [1.82, 2.24) is 5.32 Å². The molecule has 4 N–H and O–H groups in total. The van der Waals surface area contributed by atoms with Gasteiger partial charge in [-0.2, -0.15) is 0 Å². The third-order valence-corrected chi connectivity index (χ3v) is 3.93. The van der Waals surface area contributed by atoms with Gasteiger partial charge in [-0.15, -0.1) is 0 Å². The van der Waals surface area contributed by atoms with E-state index in [0.29, 0.717) is 0 Å². The number of hydrogen-bond acceptors (Lipinski definition) is 3. The molecule has 2 atom stereocenters. The second-order valence-electron chi connectivity index (χ2n) is 5.77. The van der Waals surface area contributed by atoms with Crippen LogP contribution in [0.1, 0.15) is 18.9 Å². The highest BCUT2D eigenvalue weighted by molar-refractivity contribution is 5.89. The maximum atomic E-state index is 11.9. The average molecular weight is 328 g/mol. The van der Waals surface area contributed by atoms with Crippen LogP contribution in [-0.2, 0) is 20.8 Å². The summed E-state index contributed by atoms with van der Waals surface area (Å²) in [5, 5.41) is 13.8. The number of primary amides is 1. The van der Waals surface area contributed by atoms with Crippen LogP contribution in [0.5, 0.6) is 0 Å². The number of amides is 2. The molecule has 0 saturated heterocycles. The number of nitrogens with two attached hydrogens (primary N) is 1. The first kappa shape index (κ1) is 17.5. The number of aliphatic carboxylic acids is 1. The van der Waals surface area contributed by atoms with Crippen molar-refractivity contribution in [2.75, 3.05) is 0 Å². The number of carbonyl (C=O) groups is 3. The van der Waals surface area contributed by atoms with E-state index < -0.39 is 29.7 Å². The Kier molecular flexibility index (Phi) is 5.52. The van der Waals surface area contributed by atoms with Gasteiger partial charge in [0.15, 0.2) is 0 Å². The molecule has 2 rings (SSSR count). The fraction of sp³-hybridized carbons (Fsp3) is 0.278. The van der Waals surface area contributed by atoms with E-state index >= 15 is 0 Å². The molecule has 2 aromatic carbocycles. The van der Waals surface area contributed by atoms with Crippen molar-refractivity contribution in [3.63, 3.8) is 0 Å². The molecule has 24 heavy (non-hydrogen) atoms. The number of carboxylic acid groups (broad SMARTS) is 1. The number of nitrogens with one attached hydrogen (secondary N) is 1. The molecule has 0 aromatic heterocycles. The van der Waals surface area contributed by atoms with Crippen molar-refractivity contribution in [3.05, 3.63) is 48.0 Å². The van der Waals surface area contributed by atoms with Crippen molar-refractivity contribution in [2.24, 2.45) is 11.7 Å². The van der Waals surface area contributed by atoms with Gasteiger partial charge in [-0.25, -0.2) is 0 Å². The van der Waals surface area contributed by atoms with Gasteiger partial charge in [0.2, 0.25) is 11.8 Å². The second-order valence-corrected chi connectivity index (χ2v) is 5.77. The largest absolute Gasteiger partial charge is 0.481 e. The summed E-state index contributed by atoms with van der Waals surface area (Å²) in [6, 6.07) is 12.5. The summed E-state index contributed by atoms with van der Waals surface area (Å²) in [7, 11) is 0. The molecule has 0 aliphatic rings. The molecule has 0 saturated carbocycles. The van der Waals surface area contributed by atoms with Gasteiger partial charge in [-0.3, -0.25) is 14.4 Å². The maximum absolute atomic E-state index is 11.9. The summed E-state index contributed by atoms with van der Waals surface area (Å²) in [6.07, 6.45) is 0.0191. The first-order chi connectivity index (χ1) is 11.4. The molecule has 0 radical (unpaired) electrons. The smallest absolute Gasteiger partial charge is 0.307 e. The van der Waals surface area contributed by atoms with Crippen LogP contribution in [-0.4, -0.2) is 28.9 Å². The fourth-order valence-corrected chi connectivity index (χ4v) is 2.58. The van der Waals surface area contributed by atoms with Gasteiger partial charge in [0, 0.05) is 6.42 Å². The molecule has 6 nitrogen and oxygen atoms in total. The van der Waals surface area contributed by atoms with Crippen LogP contribution < -0.4 is 11.1 Å². The summed E-state index contributed by atoms with van der Waals surface area (Å²) in [6.45, 7) is 1.46. The SMILES string of the molecule is C[C@H](NC(=O)CC(Cc1cccc2ccccc12)C(=O)O)C(N)=O. The Balaban J connectivity index is 2.15. The first-order valence-electron chi connectivity index (χ1n) is 7.66. The van der Waals surface area contributed by atoms with Crippen LogP contribution in [0.3, 0.4) is 0 Å². The number of hydrogen-bond donors (Lipinski definition) is 3. The molecular formula is C18H20N2O4. The minimum Gasteiger partial charge on any atom is -0.481 e. The van der Waals surface area contributed by atoms with Gasteiger partial charge < -0.3 is 16.2 Å². The molecule has 0 aliphatic carbocycles. The molecule has 0 fully saturated rings. The van der Waals surface area contributed by atoms with Crippen LogP contribution in [0.15, 0.2) is 42.5 Å². The standard InChI is InChI=1S/C18H20N2O4/c1-11(17(19)22)20-16(21)10-14(18(23)24)9-13-7-4-6-12-5-2-3-8-15(12)13/h2-8,11,14H,9-10H2,1H3,(H2,19,22)(H,20,21)(H,23,24)/t11-,14?/m0/s1.